The zero-order valence-corrected chi connectivity index (χ0v) is 14.6. The highest BCUT2D eigenvalue weighted by atomic mass is 19.1. The summed E-state index contributed by atoms with van der Waals surface area (Å²) in [5, 5.41) is 3.38. The molecule has 4 rings (SSSR count). The minimum atomic E-state index is -0.569. The maximum Gasteiger partial charge on any atom is 0.149 e. The van der Waals surface area contributed by atoms with E-state index in [4.69, 9.17) is 4.74 Å². The number of rotatable bonds is 4. The number of nitrogens with one attached hydrogen (secondary N) is 1. The Hall–Kier alpha value is -2.60. The molecule has 3 nitrogen and oxygen atoms in total. The van der Waals surface area contributed by atoms with Crippen LogP contribution in [-0.2, 0) is 10.2 Å². The summed E-state index contributed by atoms with van der Waals surface area (Å²) in [6.07, 6.45) is 2.87. The van der Waals surface area contributed by atoms with Crippen molar-refractivity contribution in [2.45, 2.75) is 18.3 Å². The third-order valence-corrected chi connectivity index (χ3v) is 5.30. The van der Waals surface area contributed by atoms with E-state index in [0.717, 1.165) is 17.7 Å². The lowest BCUT2D eigenvalue weighted by Gasteiger charge is -2.38. The third-order valence-electron chi connectivity index (χ3n) is 5.30. The average Bonchev–Trinajstić information content (AvgIpc) is 2.70. The van der Waals surface area contributed by atoms with Gasteiger partial charge in [0.2, 0.25) is 0 Å². The van der Waals surface area contributed by atoms with Crippen molar-refractivity contribution in [3.05, 3.63) is 71.7 Å². The Kier molecular flexibility index (Phi) is 4.74. The first-order valence-electron chi connectivity index (χ1n) is 8.89. The number of fused-ring (bicyclic) bond motifs is 1. The van der Waals surface area contributed by atoms with Gasteiger partial charge in [-0.15, -0.1) is 0 Å². The van der Waals surface area contributed by atoms with E-state index in [1.54, 1.807) is 12.1 Å². The number of halogens is 3. The van der Waals surface area contributed by atoms with Crippen molar-refractivity contribution in [1.29, 1.82) is 0 Å². The van der Waals surface area contributed by atoms with E-state index in [-0.39, 0.29) is 22.1 Å². The number of hydrogen-bond donors (Lipinski definition) is 1. The number of aromatic nitrogens is 1. The summed E-state index contributed by atoms with van der Waals surface area (Å²) in [7, 11) is 0. The lowest BCUT2D eigenvalue weighted by Crippen LogP contribution is -2.40. The van der Waals surface area contributed by atoms with Crippen molar-refractivity contribution in [1.82, 2.24) is 4.98 Å². The van der Waals surface area contributed by atoms with Gasteiger partial charge in [0, 0.05) is 37.1 Å². The van der Waals surface area contributed by atoms with Gasteiger partial charge in [-0.25, -0.2) is 13.2 Å². The molecule has 0 spiro atoms. The molecule has 27 heavy (non-hydrogen) atoms. The molecule has 2 heterocycles. The van der Waals surface area contributed by atoms with Gasteiger partial charge in [-0.3, -0.25) is 4.98 Å². The van der Waals surface area contributed by atoms with E-state index < -0.39 is 11.6 Å². The van der Waals surface area contributed by atoms with Crippen LogP contribution in [0.15, 0.2) is 48.7 Å². The van der Waals surface area contributed by atoms with Crippen LogP contribution in [0.25, 0.3) is 10.9 Å². The Bertz CT molecular complexity index is 971. The standard InChI is InChI=1S/C21H19F3N2O/c22-15-3-1-2-14(12-15)21(7-10-27-11-8-21)13-26-18-6-9-25-20-17(24)5-4-16(23)19(18)20/h1-6,9,12H,7-8,10-11,13H2,(H,25,26). The summed E-state index contributed by atoms with van der Waals surface area (Å²) in [6.45, 7) is 1.59. The molecule has 0 radical (unpaired) electrons. The molecule has 1 aromatic heterocycles. The quantitative estimate of drug-likeness (QED) is 0.714. The third kappa shape index (κ3) is 3.37. The zero-order chi connectivity index (χ0) is 18.9. The predicted octanol–water partition coefficient (Wildman–Crippen LogP) is 4.81. The smallest absolute Gasteiger partial charge is 0.149 e. The van der Waals surface area contributed by atoms with Crippen LogP contribution in [0.3, 0.4) is 0 Å². The highest BCUT2D eigenvalue weighted by Gasteiger charge is 2.34. The summed E-state index contributed by atoms with van der Waals surface area (Å²) in [5.41, 5.74) is 0.995. The summed E-state index contributed by atoms with van der Waals surface area (Å²) in [4.78, 5) is 3.96. The molecule has 6 heteroatoms. The van der Waals surface area contributed by atoms with Crippen molar-refractivity contribution in [3.8, 4) is 0 Å². The van der Waals surface area contributed by atoms with E-state index in [1.807, 2.05) is 6.07 Å². The Labute approximate surface area is 155 Å². The van der Waals surface area contributed by atoms with Crippen LogP contribution in [0, 0.1) is 17.5 Å². The van der Waals surface area contributed by atoms with Crippen LogP contribution < -0.4 is 5.32 Å². The molecule has 0 unspecified atom stereocenters. The first-order valence-corrected chi connectivity index (χ1v) is 8.89. The maximum absolute atomic E-state index is 14.3. The molecule has 2 aromatic carbocycles. The summed E-state index contributed by atoms with van der Waals surface area (Å²) in [6, 6.07) is 10.3. The van der Waals surface area contributed by atoms with Crippen molar-refractivity contribution in [2.24, 2.45) is 0 Å². The van der Waals surface area contributed by atoms with Crippen molar-refractivity contribution < 1.29 is 17.9 Å². The summed E-state index contributed by atoms with van der Waals surface area (Å²) in [5.74, 6) is -1.39. The number of nitrogens with zero attached hydrogens (tertiary/aromatic N) is 1. The Balaban J connectivity index is 1.70. The lowest BCUT2D eigenvalue weighted by atomic mass is 9.74. The molecule has 0 amide bonds. The van der Waals surface area contributed by atoms with Crippen LogP contribution in [-0.4, -0.2) is 24.7 Å². The fraction of sp³-hybridized carbons (Fsp3) is 0.286. The SMILES string of the molecule is Fc1cccc(C2(CNc3ccnc4c(F)ccc(F)c34)CCOCC2)c1. The Morgan fingerprint density at radius 1 is 1.00 bits per heavy atom. The molecule has 3 aromatic rings. The number of ether oxygens (including phenoxy) is 1. The molecule has 1 aliphatic heterocycles. The monoisotopic (exact) mass is 372 g/mol. The first-order chi connectivity index (χ1) is 13.1. The topological polar surface area (TPSA) is 34.2 Å². The molecule has 0 aliphatic carbocycles. The van der Waals surface area contributed by atoms with Crippen LogP contribution in [0.4, 0.5) is 18.9 Å². The average molecular weight is 372 g/mol. The lowest BCUT2D eigenvalue weighted by molar-refractivity contribution is 0.0543. The molecular formula is C21H19F3N2O. The van der Waals surface area contributed by atoms with Gasteiger partial charge in [0.25, 0.3) is 0 Å². The molecule has 1 N–H and O–H groups in total. The van der Waals surface area contributed by atoms with Crippen molar-refractivity contribution in [2.75, 3.05) is 25.1 Å². The highest BCUT2D eigenvalue weighted by Crippen LogP contribution is 2.36. The van der Waals surface area contributed by atoms with Gasteiger partial charge in [0.1, 0.15) is 23.0 Å². The second kappa shape index (κ2) is 7.19. The molecule has 1 fully saturated rings. The fourth-order valence-corrected chi connectivity index (χ4v) is 3.75. The second-order valence-electron chi connectivity index (χ2n) is 6.87. The Morgan fingerprint density at radius 2 is 1.78 bits per heavy atom. The van der Waals surface area contributed by atoms with E-state index in [2.05, 4.69) is 10.3 Å². The van der Waals surface area contributed by atoms with Gasteiger partial charge in [0.15, 0.2) is 0 Å². The van der Waals surface area contributed by atoms with Gasteiger partial charge in [-0.2, -0.15) is 0 Å². The van der Waals surface area contributed by atoms with Crippen LogP contribution in [0.5, 0.6) is 0 Å². The highest BCUT2D eigenvalue weighted by molar-refractivity contribution is 5.91. The number of anilines is 1. The normalized spacial score (nSPS) is 16.4. The molecule has 140 valence electrons. The van der Waals surface area contributed by atoms with Gasteiger partial charge in [0.05, 0.1) is 5.39 Å². The molecule has 1 aliphatic rings. The predicted molar refractivity (Wildman–Crippen MR) is 98.3 cm³/mol. The van der Waals surface area contributed by atoms with Gasteiger partial charge in [-0.05, 0) is 48.7 Å². The van der Waals surface area contributed by atoms with Gasteiger partial charge >= 0.3 is 0 Å². The van der Waals surface area contributed by atoms with E-state index >= 15 is 0 Å². The largest absolute Gasteiger partial charge is 0.383 e. The minimum absolute atomic E-state index is 0.00761. The van der Waals surface area contributed by atoms with Crippen LogP contribution >= 0.6 is 0 Å². The van der Waals surface area contributed by atoms with Gasteiger partial charge in [-0.1, -0.05) is 12.1 Å². The molecule has 0 saturated carbocycles. The van der Waals surface area contributed by atoms with E-state index in [9.17, 15) is 13.2 Å². The zero-order valence-electron chi connectivity index (χ0n) is 14.6. The fourth-order valence-electron chi connectivity index (χ4n) is 3.75. The number of hydrogen-bond acceptors (Lipinski definition) is 3. The summed E-state index contributed by atoms with van der Waals surface area (Å²) < 4.78 is 47.7. The van der Waals surface area contributed by atoms with E-state index in [1.165, 1.54) is 18.3 Å². The van der Waals surface area contributed by atoms with E-state index in [0.29, 0.717) is 38.3 Å². The van der Waals surface area contributed by atoms with Crippen LogP contribution in [0.2, 0.25) is 0 Å². The van der Waals surface area contributed by atoms with Crippen molar-refractivity contribution in [3.63, 3.8) is 0 Å². The number of pyridine rings is 1. The molecule has 0 atom stereocenters. The second-order valence-corrected chi connectivity index (χ2v) is 6.87. The summed E-state index contributed by atoms with van der Waals surface area (Å²) >= 11 is 0. The molecule has 0 bridgehead atoms. The molecule has 1 saturated heterocycles. The maximum atomic E-state index is 14.3. The van der Waals surface area contributed by atoms with Gasteiger partial charge < -0.3 is 10.1 Å². The first kappa shape index (κ1) is 17.8. The van der Waals surface area contributed by atoms with Crippen LogP contribution in [0.1, 0.15) is 18.4 Å². The number of benzene rings is 2. The van der Waals surface area contributed by atoms with Crippen molar-refractivity contribution >= 4 is 16.6 Å². The molecular weight excluding hydrogens is 353 g/mol. The Morgan fingerprint density at radius 3 is 2.56 bits per heavy atom. The minimum Gasteiger partial charge on any atom is -0.383 e.